The summed E-state index contributed by atoms with van der Waals surface area (Å²) in [6.07, 6.45) is 5.01. The molecule has 1 saturated heterocycles. The van der Waals surface area contributed by atoms with E-state index >= 15 is 0 Å². The minimum absolute atomic E-state index is 0.0717. The van der Waals surface area contributed by atoms with Crippen molar-refractivity contribution in [3.63, 3.8) is 0 Å². The highest BCUT2D eigenvalue weighted by Gasteiger charge is 2.21. The maximum atomic E-state index is 11.9. The van der Waals surface area contributed by atoms with Crippen LogP contribution >= 0.6 is 0 Å². The third-order valence-corrected chi connectivity index (χ3v) is 4.66. The first-order chi connectivity index (χ1) is 14.1. The van der Waals surface area contributed by atoms with Gasteiger partial charge in [-0.2, -0.15) is 0 Å². The Labute approximate surface area is 170 Å². The first-order valence-corrected chi connectivity index (χ1v) is 9.79. The first kappa shape index (κ1) is 20.3. The summed E-state index contributed by atoms with van der Waals surface area (Å²) in [7, 11) is 0. The fourth-order valence-electron chi connectivity index (χ4n) is 3.15. The highest BCUT2D eigenvalue weighted by atomic mass is 16.2. The van der Waals surface area contributed by atoms with E-state index in [2.05, 4.69) is 10.6 Å². The lowest BCUT2D eigenvalue weighted by Crippen LogP contribution is -2.34. The van der Waals surface area contributed by atoms with Crippen LogP contribution in [0.25, 0.3) is 6.08 Å². The minimum Gasteiger partial charge on any atom is -0.354 e. The van der Waals surface area contributed by atoms with E-state index in [0.29, 0.717) is 25.9 Å². The lowest BCUT2D eigenvalue weighted by Gasteiger charge is -2.15. The van der Waals surface area contributed by atoms with E-state index in [0.717, 1.165) is 29.8 Å². The fraction of sp³-hybridized carbons (Fsp3) is 0.261. The second-order valence-corrected chi connectivity index (χ2v) is 6.88. The van der Waals surface area contributed by atoms with Gasteiger partial charge in [0.25, 0.3) is 0 Å². The lowest BCUT2D eigenvalue weighted by atomic mass is 10.1. The molecule has 6 nitrogen and oxygen atoms in total. The monoisotopic (exact) mass is 391 g/mol. The molecule has 1 aliphatic rings. The minimum atomic E-state index is -0.221. The van der Waals surface area contributed by atoms with Gasteiger partial charge in [0, 0.05) is 37.8 Å². The molecule has 0 radical (unpaired) electrons. The number of nitrogens with zero attached hydrogens (tertiary/aromatic N) is 1. The van der Waals surface area contributed by atoms with E-state index in [1.807, 2.05) is 54.6 Å². The second kappa shape index (κ2) is 10.2. The van der Waals surface area contributed by atoms with Crippen molar-refractivity contribution in [1.82, 2.24) is 10.6 Å². The topological polar surface area (TPSA) is 78.5 Å². The van der Waals surface area contributed by atoms with Gasteiger partial charge in [-0.3, -0.25) is 14.4 Å². The number of carbonyl (C=O) groups excluding carboxylic acids is 3. The molecule has 0 saturated carbocycles. The summed E-state index contributed by atoms with van der Waals surface area (Å²) in [6.45, 7) is 1.50. The zero-order valence-corrected chi connectivity index (χ0v) is 16.3. The number of benzene rings is 2. The van der Waals surface area contributed by atoms with Crippen molar-refractivity contribution in [2.45, 2.75) is 19.3 Å². The van der Waals surface area contributed by atoms with Crippen LogP contribution < -0.4 is 15.5 Å². The first-order valence-electron chi connectivity index (χ1n) is 9.79. The van der Waals surface area contributed by atoms with Crippen LogP contribution in [0.5, 0.6) is 0 Å². The molecule has 3 rings (SSSR count). The molecule has 0 spiro atoms. The summed E-state index contributed by atoms with van der Waals surface area (Å²) < 4.78 is 0. The summed E-state index contributed by atoms with van der Waals surface area (Å²) in [5.74, 6) is -0.137. The van der Waals surface area contributed by atoms with Crippen molar-refractivity contribution < 1.29 is 14.4 Å². The molecular weight excluding hydrogens is 366 g/mol. The molecule has 0 atom stereocenters. The molecule has 0 unspecified atom stereocenters. The van der Waals surface area contributed by atoms with Gasteiger partial charge in [-0.25, -0.2) is 0 Å². The Balaban J connectivity index is 1.36. The summed E-state index contributed by atoms with van der Waals surface area (Å²) in [5.41, 5.74) is 2.73. The lowest BCUT2D eigenvalue weighted by molar-refractivity contribution is -0.121. The number of nitrogens with one attached hydrogen (secondary N) is 2. The number of anilines is 1. The van der Waals surface area contributed by atoms with E-state index in [4.69, 9.17) is 0 Å². The zero-order valence-electron chi connectivity index (χ0n) is 16.3. The van der Waals surface area contributed by atoms with Crippen LogP contribution in [0.1, 0.15) is 24.0 Å². The van der Waals surface area contributed by atoms with Crippen LogP contribution in [0.15, 0.2) is 60.7 Å². The Kier molecular flexibility index (Phi) is 7.16. The molecule has 2 N–H and O–H groups in total. The molecule has 1 heterocycles. The van der Waals surface area contributed by atoms with Crippen LogP contribution in [0.4, 0.5) is 5.69 Å². The molecule has 0 bridgehead atoms. The van der Waals surface area contributed by atoms with Crippen molar-refractivity contribution in [3.05, 3.63) is 71.8 Å². The van der Waals surface area contributed by atoms with Gasteiger partial charge in [0.05, 0.1) is 6.42 Å². The number of amides is 3. The number of hydrogen-bond donors (Lipinski definition) is 2. The third kappa shape index (κ3) is 6.31. The Morgan fingerprint density at radius 2 is 1.69 bits per heavy atom. The molecule has 1 fully saturated rings. The van der Waals surface area contributed by atoms with E-state index in [9.17, 15) is 14.4 Å². The molecule has 29 heavy (non-hydrogen) atoms. The summed E-state index contributed by atoms with van der Waals surface area (Å²) in [4.78, 5) is 37.3. The van der Waals surface area contributed by atoms with Gasteiger partial charge in [0.15, 0.2) is 0 Å². The zero-order chi connectivity index (χ0) is 20.5. The smallest absolute Gasteiger partial charge is 0.244 e. The third-order valence-electron chi connectivity index (χ3n) is 4.66. The van der Waals surface area contributed by atoms with Crippen LogP contribution in [0.2, 0.25) is 0 Å². The van der Waals surface area contributed by atoms with E-state index in [1.54, 1.807) is 11.0 Å². The Hall–Kier alpha value is -3.41. The highest BCUT2D eigenvalue weighted by Crippen LogP contribution is 2.21. The molecule has 3 amide bonds. The molecular formula is C23H25N3O3. The van der Waals surface area contributed by atoms with Gasteiger partial charge in [-0.05, 0) is 35.8 Å². The van der Waals surface area contributed by atoms with Gasteiger partial charge in [-0.1, -0.05) is 42.5 Å². The largest absolute Gasteiger partial charge is 0.354 e. The number of carbonyl (C=O) groups is 3. The molecule has 2 aromatic rings. The van der Waals surface area contributed by atoms with E-state index in [-0.39, 0.29) is 17.7 Å². The van der Waals surface area contributed by atoms with Crippen molar-refractivity contribution in [2.75, 3.05) is 24.5 Å². The summed E-state index contributed by atoms with van der Waals surface area (Å²) in [5, 5.41) is 5.53. The molecule has 150 valence electrons. The van der Waals surface area contributed by atoms with Gasteiger partial charge in [0.2, 0.25) is 17.7 Å². The van der Waals surface area contributed by atoms with Crippen molar-refractivity contribution in [3.8, 4) is 0 Å². The maximum Gasteiger partial charge on any atom is 0.244 e. The van der Waals surface area contributed by atoms with Gasteiger partial charge < -0.3 is 15.5 Å². The number of rotatable bonds is 8. The fourth-order valence-corrected chi connectivity index (χ4v) is 3.15. The van der Waals surface area contributed by atoms with Crippen molar-refractivity contribution in [2.24, 2.45) is 0 Å². The van der Waals surface area contributed by atoms with Gasteiger partial charge in [0.1, 0.15) is 0 Å². The normalized spacial score (nSPS) is 13.7. The van der Waals surface area contributed by atoms with Gasteiger partial charge >= 0.3 is 0 Å². The maximum absolute atomic E-state index is 11.9. The predicted molar refractivity (Wildman–Crippen MR) is 113 cm³/mol. The molecule has 0 aliphatic carbocycles. The quantitative estimate of drug-likeness (QED) is 0.535. The van der Waals surface area contributed by atoms with E-state index < -0.39 is 0 Å². The summed E-state index contributed by atoms with van der Waals surface area (Å²) in [6, 6.07) is 17.1. The summed E-state index contributed by atoms with van der Waals surface area (Å²) >= 11 is 0. The molecule has 6 heteroatoms. The Morgan fingerprint density at radius 3 is 2.38 bits per heavy atom. The van der Waals surface area contributed by atoms with Crippen LogP contribution in [0.3, 0.4) is 0 Å². The van der Waals surface area contributed by atoms with Crippen LogP contribution in [-0.2, 0) is 20.8 Å². The van der Waals surface area contributed by atoms with Gasteiger partial charge in [-0.15, -0.1) is 0 Å². The average Bonchev–Trinajstić information content (AvgIpc) is 3.17. The Morgan fingerprint density at radius 1 is 0.966 bits per heavy atom. The standard InChI is InChI=1S/C23H25N3O3/c27-21(24-14-15-25-22(28)17-19-5-2-1-3-6-19)13-10-18-8-11-20(12-9-18)26-16-4-7-23(26)29/h1-3,5-6,8-13H,4,7,14-17H2,(H,24,27)(H,25,28)/b13-10+. The Bertz CT molecular complexity index is 876. The molecule has 2 aromatic carbocycles. The molecule has 0 aromatic heterocycles. The van der Waals surface area contributed by atoms with Crippen LogP contribution in [-0.4, -0.2) is 37.4 Å². The predicted octanol–water partition coefficient (Wildman–Crippen LogP) is 2.30. The van der Waals surface area contributed by atoms with Crippen LogP contribution in [0, 0.1) is 0 Å². The van der Waals surface area contributed by atoms with Crippen molar-refractivity contribution in [1.29, 1.82) is 0 Å². The SMILES string of the molecule is O=C(/C=C/c1ccc(N2CCCC2=O)cc1)NCCNC(=O)Cc1ccccc1. The second-order valence-electron chi connectivity index (χ2n) is 6.88. The molecule has 1 aliphatic heterocycles. The van der Waals surface area contributed by atoms with Crippen molar-refractivity contribution >= 4 is 29.5 Å². The number of hydrogen-bond acceptors (Lipinski definition) is 3. The average molecular weight is 391 g/mol. The van der Waals surface area contributed by atoms with E-state index in [1.165, 1.54) is 6.08 Å². The highest BCUT2D eigenvalue weighted by molar-refractivity contribution is 5.95.